The first-order valence-corrected chi connectivity index (χ1v) is 8.04. The molecule has 22 heavy (non-hydrogen) atoms. The molecule has 1 atom stereocenters. The van der Waals surface area contributed by atoms with Crippen molar-refractivity contribution in [3.63, 3.8) is 0 Å². The molecule has 0 aliphatic rings. The largest absolute Gasteiger partial charge is 0.497 e. The maximum Gasteiger partial charge on any atom is 0.312 e. The third kappa shape index (κ3) is 4.53. The fraction of sp³-hybridized carbons (Fsp3) is 0.438. The lowest BCUT2D eigenvalue weighted by Crippen LogP contribution is -2.07. The molecule has 0 aliphatic heterocycles. The van der Waals surface area contributed by atoms with Gasteiger partial charge in [0.2, 0.25) is 0 Å². The molecule has 0 bridgehead atoms. The first-order valence-electron chi connectivity index (χ1n) is 7.23. The van der Waals surface area contributed by atoms with Crippen LogP contribution in [0.2, 0.25) is 0 Å². The smallest absolute Gasteiger partial charge is 0.312 e. The molecule has 5 nitrogen and oxygen atoms in total. The van der Waals surface area contributed by atoms with E-state index in [1.165, 1.54) is 16.9 Å². The number of hydrogen-bond acceptors (Lipinski definition) is 6. The average Bonchev–Trinajstić information content (AvgIpc) is 2.97. The lowest BCUT2D eigenvalue weighted by Gasteiger charge is -2.08. The fourth-order valence-corrected chi connectivity index (χ4v) is 2.95. The zero-order chi connectivity index (χ0) is 15.9. The number of hydrogen-bond donors (Lipinski definition) is 0. The van der Waals surface area contributed by atoms with Crippen LogP contribution in [0.5, 0.6) is 5.75 Å². The van der Waals surface area contributed by atoms with E-state index >= 15 is 0 Å². The van der Waals surface area contributed by atoms with E-state index in [4.69, 9.17) is 9.47 Å². The van der Waals surface area contributed by atoms with Crippen molar-refractivity contribution in [3.05, 3.63) is 39.8 Å². The van der Waals surface area contributed by atoms with Crippen LogP contribution in [0.4, 0.5) is 0 Å². The van der Waals surface area contributed by atoms with E-state index in [2.05, 4.69) is 29.3 Å². The Kier molecular flexibility index (Phi) is 5.89. The lowest BCUT2D eigenvalue weighted by molar-refractivity contribution is -0.142. The van der Waals surface area contributed by atoms with Gasteiger partial charge in [-0.15, -0.1) is 21.5 Å². The molecule has 0 radical (unpaired) electrons. The van der Waals surface area contributed by atoms with Gasteiger partial charge in [0.25, 0.3) is 0 Å². The molecule has 1 aromatic carbocycles. The zero-order valence-electron chi connectivity index (χ0n) is 13.0. The number of methoxy groups -OCH3 is 1. The van der Waals surface area contributed by atoms with Gasteiger partial charge in [0.1, 0.15) is 15.8 Å². The first-order chi connectivity index (χ1) is 10.6. The van der Waals surface area contributed by atoms with E-state index in [1.54, 1.807) is 14.0 Å². The Labute approximate surface area is 134 Å². The Balaban J connectivity index is 1.95. The van der Waals surface area contributed by atoms with E-state index < -0.39 is 0 Å². The summed E-state index contributed by atoms with van der Waals surface area (Å²) in [5.74, 6) is 0.846. The molecule has 0 N–H and O–H groups in total. The maximum absolute atomic E-state index is 11.4. The third-order valence-electron chi connectivity index (χ3n) is 3.21. The average molecular weight is 320 g/mol. The molecule has 0 amide bonds. The Hall–Kier alpha value is -1.95. The second-order valence-electron chi connectivity index (χ2n) is 4.97. The van der Waals surface area contributed by atoms with Crippen LogP contribution in [-0.2, 0) is 22.4 Å². The molecule has 0 spiro atoms. The molecule has 0 aliphatic carbocycles. The third-order valence-corrected chi connectivity index (χ3v) is 4.36. The summed E-state index contributed by atoms with van der Waals surface area (Å²) in [7, 11) is 1.66. The van der Waals surface area contributed by atoms with Gasteiger partial charge in [-0.1, -0.05) is 19.1 Å². The van der Waals surface area contributed by atoms with E-state index in [0.717, 1.165) is 17.2 Å². The van der Waals surface area contributed by atoms with Crippen molar-refractivity contribution in [1.82, 2.24) is 10.2 Å². The van der Waals surface area contributed by atoms with Crippen LogP contribution in [0.3, 0.4) is 0 Å². The summed E-state index contributed by atoms with van der Waals surface area (Å²) in [6.07, 6.45) is 1.07. The van der Waals surface area contributed by atoms with Crippen LogP contribution in [0.25, 0.3) is 0 Å². The molecular formula is C16H20N2O3S. The quantitative estimate of drug-likeness (QED) is 0.734. The fourth-order valence-electron chi connectivity index (χ4n) is 2.08. The van der Waals surface area contributed by atoms with Crippen LogP contribution in [0, 0.1) is 0 Å². The Morgan fingerprint density at radius 1 is 1.27 bits per heavy atom. The number of rotatable bonds is 7. The molecule has 0 saturated heterocycles. The van der Waals surface area contributed by atoms with Gasteiger partial charge in [0.05, 0.1) is 20.1 Å². The summed E-state index contributed by atoms with van der Waals surface area (Å²) in [5.41, 5.74) is 1.22. The van der Waals surface area contributed by atoms with Crippen LogP contribution in [0.15, 0.2) is 24.3 Å². The molecule has 118 valence electrons. The topological polar surface area (TPSA) is 61.3 Å². The standard InChI is InChI=1S/C16H20N2O3S/c1-4-21-15(19)10-14-17-18-16(22-14)11(2)9-12-5-7-13(20-3)8-6-12/h5-8,11H,4,9-10H2,1-3H3/t11-/m0/s1. The molecule has 1 aromatic heterocycles. The second kappa shape index (κ2) is 7.89. The summed E-state index contributed by atoms with van der Waals surface area (Å²) in [5, 5.41) is 9.92. The predicted octanol–water partition coefficient (Wildman–Crippen LogP) is 3.00. The van der Waals surface area contributed by atoms with Gasteiger partial charge in [0, 0.05) is 5.92 Å². The molecule has 2 aromatic rings. The minimum absolute atomic E-state index is 0.195. The van der Waals surface area contributed by atoms with Gasteiger partial charge < -0.3 is 9.47 Å². The number of ether oxygens (including phenoxy) is 2. The minimum Gasteiger partial charge on any atom is -0.497 e. The molecule has 1 heterocycles. The van der Waals surface area contributed by atoms with Gasteiger partial charge in [0.15, 0.2) is 0 Å². The van der Waals surface area contributed by atoms with Crippen LogP contribution in [-0.4, -0.2) is 29.9 Å². The van der Waals surface area contributed by atoms with Gasteiger partial charge in [-0.2, -0.15) is 0 Å². The predicted molar refractivity (Wildman–Crippen MR) is 85.4 cm³/mol. The van der Waals surface area contributed by atoms with Crippen molar-refractivity contribution >= 4 is 17.3 Å². The number of carbonyl (C=O) groups is 1. The van der Waals surface area contributed by atoms with Crippen LogP contribution >= 0.6 is 11.3 Å². The van der Waals surface area contributed by atoms with Gasteiger partial charge >= 0.3 is 5.97 Å². The lowest BCUT2D eigenvalue weighted by atomic mass is 10.0. The summed E-state index contributed by atoms with van der Waals surface area (Å²) in [4.78, 5) is 11.4. The van der Waals surface area contributed by atoms with Crippen molar-refractivity contribution in [2.75, 3.05) is 13.7 Å². The monoisotopic (exact) mass is 320 g/mol. The summed E-state index contributed by atoms with van der Waals surface area (Å²) >= 11 is 1.47. The molecule has 2 rings (SSSR count). The molecular weight excluding hydrogens is 300 g/mol. The number of benzene rings is 1. The summed E-state index contributed by atoms with van der Waals surface area (Å²) < 4.78 is 10.1. The van der Waals surface area contributed by atoms with Gasteiger partial charge in [-0.3, -0.25) is 4.79 Å². The highest BCUT2D eigenvalue weighted by atomic mass is 32.1. The first kappa shape index (κ1) is 16.4. The number of aromatic nitrogens is 2. The van der Waals surface area contributed by atoms with E-state index in [9.17, 15) is 4.79 Å². The highest BCUT2D eigenvalue weighted by Crippen LogP contribution is 2.24. The maximum atomic E-state index is 11.4. The van der Waals surface area contributed by atoms with Crippen molar-refractivity contribution in [1.29, 1.82) is 0 Å². The van der Waals surface area contributed by atoms with E-state index in [0.29, 0.717) is 11.6 Å². The number of carbonyl (C=O) groups excluding carboxylic acids is 1. The minimum atomic E-state index is -0.256. The molecule has 0 saturated carbocycles. The molecule has 0 fully saturated rings. The zero-order valence-corrected chi connectivity index (χ0v) is 13.9. The van der Waals surface area contributed by atoms with Gasteiger partial charge in [-0.05, 0) is 31.0 Å². The van der Waals surface area contributed by atoms with Crippen molar-refractivity contribution in [2.45, 2.75) is 32.6 Å². The molecule has 0 unspecified atom stereocenters. The van der Waals surface area contributed by atoms with Gasteiger partial charge in [-0.25, -0.2) is 0 Å². The summed E-state index contributed by atoms with van der Waals surface area (Å²) in [6.45, 7) is 4.29. The van der Waals surface area contributed by atoms with Crippen molar-refractivity contribution in [3.8, 4) is 5.75 Å². The number of esters is 1. The SMILES string of the molecule is CCOC(=O)Cc1nnc([C@@H](C)Cc2ccc(OC)cc2)s1. The number of nitrogens with zero attached hydrogens (tertiary/aromatic N) is 2. The normalized spacial score (nSPS) is 12.0. The second-order valence-corrected chi connectivity index (χ2v) is 6.06. The van der Waals surface area contributed by atoms with Crippen LogP contribution in [0.1, 0.15) is 35.3 Å². The molecule has 6 heteroatoms. The van der Waals surface area contributed by atoms with Crippen molar-refractivity contribution < 1.29 is 14.3 Å². The highest BCUT2D eigenvalue weighted by Gasteiger charge is 2.15. The Morgan fingerprint density at radius 2 is 2.00 bits per heavy atom. The Bertz CT molecular complexity index is 610. The van der Waals surface area contributed by atoms with E-state index in [-0.39, 0.29) is 18.3 Å². The summed E-state index contributed by atoms with van der Waals surface area (Å²) in [6, 6.07) is 8.01. The van der Waals surface area contributed by atoms with Crippen molar-refractivity contribution in [2.24, 2.45) is 0 Å². The van der Waals surface area contributed by atoms with Crippen LogP contribution < -0.4 is 4.74 Å². The Morgan fingerprint density at radius 3 is 2.64 bits per heavy atom. The van der Waals surface area contributed by atoms with E-state index in [1.807, 2.05) is 12.1 Å². The highest BCUT2D eigenvalue weighted by molar-refractivity contribution is 7.11.